The molecule has 1 fully saturated rings. The first-order valence-electron chi connectivity index (χ1n) is 7.15. The molecule has 1 aliphatic heterocycles. The number of amides is 1. The van der Waals surface area contributed by atoms with Crippen LogP contribution in [0, 0.1) is 5.92 Å². The van der Waals surface area contributed by atoms with Crippen LogP contribution in [0.3, 0.4) is 0 Å². The van der Waals surface area contributed by atoms with Crippen molar-refractivity contribution in [3.05, 3.63) is 34.3 Å². The molecule has 1 atom stereocenters. The molecule has 1 amide bonds. The van der Waals surface area contributed by atoms with Crippen molar-refractivity contribution in [3.8, 4) is 0 Å². The summed E-state index contributed by atoms with van der Waals surface area (Å²) < 4.78 is 0.974. The van der Waals surface area contributed by atoms with Crippen LogP contribution < -0.4 is 0 Å². The lowest BCUT2D eigenvalue weighted by Crippen LogP contribution is -2.40. The maximum Gasteiger partial charge on any atom is 0.225 e. The fourth-order valence-corrected chi connectivity index (χ4v) is 2.83. The summed E-state index contributed by atoms with van der Waals surface area (Å²) in [5, 5.41) is 0. The fourth-order valence-electron chi connectivity index (χ4n) is 2.57. The predicted molar refractivity (Wildman–Crippen MR) is 82.7 cm³/mol. The van der Waals surface area contributed by atoms with Gasteiger partial charge in [0.05, 0.1) is 0 Å². The lowest BCUT2D eigenvalue weighted by molar-refractivity contribution is -0.137. The van der Waals surface area contributed by atoms with Crippen LogP contribution in [0.4, 0.5) is 0 Å². The summed E-state index contributed by atoms with van der Waals surface area (Å²) in [4.78, 5) is 25.9. The second-order valence-electron chi connectivity index (χ2n) is 5.40. The highest BCUT2D eigenvalue weighted by Crippen LogP contribution is 2.18. The van der Waals surface area contributed by atoms with Crippen LogP contribution >= 0.6 is 15.9 Å². The molecule has 0 saturated carbocycles. The molecule has 1 unspecified atom stereocenters. The lowest BCUT2D eigenvalue weighted by atomic mass is 9.98. The summed E-state index contributed by atoms with van der Waals surface area (Å²) in [5.41, 5.74) is 0.742. The van der Waals surface area contributed by atoms with Crippen molar-refractivity contribution in [3.63, 3.8) is 0 Å². The van der Waals surface area contributed by atoms with E-state index in [1.807, 2.05) is 36.1 Å². The summed E-state index contributed by atoms with van der Waals surface area (Å²) in [6.07, 6.45) is 3.31. The van der Waals surface area contributed by atoms with Crippen molar-refractivity contribution in [1.29, 1.82) is 0 Å². The molecule has 1 aromatic carbocycles. The second kappa shape index (κ2) is 7.02. The molecule has 108 valence electrons. The number of Topliss-reactive ketones (excluding diaryl/α,β-unsaturated/α-hetero) is 1. The molecule has 0 aliphatic carbocycles. The molecule has 1 aromatic rings. The first-order valence-corrected chi connectivity index (χ1v) is 7.95. The summed E-state index contributed by atoms with van der Waals surface area (Å²) in [6.45, 7) is 3.53. The van der Waals surface area contributed by atoms with E-state index in [1.54, 1.807) is 0 Å². The van der Waals surface area contributed by atoms with Gasteiger partial charge < -0.3 is 4.90 Å². The lowest BCUT2D eigenvalue weighted by Gasteiger charge is -2.30. The van der Waals surface area contributed by atoms with Gasteiger partial charge in [-0.25, -0.2) is 0 Å². The van der Waals surface area contributed by atoms with E-state index in [0.29, 0.717) is 13.0 Å². The molecule has 1 saturated heterocycles. The van der Waals surface area contributed by atoms with Crippen molar-refractivity contribution in [2.45, 2.75) is 32.6 Å². The van der Waals surface area contributed by atoms with Gasteiger partial charge in [0.25, 0.3) is 0 Å². The first-order chi connectivity index (χ1) is 9.58. The zero-order valence-corrected chi connectivity index (χ0v) is 13.4. The van der Waals surface area contributed by atoms with Crippen molar-refractivity contribution in [1.82, 2.24) is 4.90 Å². The minimum absolute atomic E-state index is 0.144. The van der Waals surface area contributed by atoms with Crippen LogP contribution in [-0.4, -0.2) is 29.7 Å². The maximum atomic E-state index is 12.0. The third-order valence-electron chi connectivity index (χ3n) is 3.80. The summed E-state index contributed by atoms with van der Waals surface area (Å²) in [5.74, 6) is 0.535. The molecule has 4 heteroatoms. The highest BCUT2D eigenvalue weighted by atomic mass is 79.9. The topological polar surface area (TPSA) is 37.4 Å². The number of rotatable bonds is 5. The Morgan fingerprint density at radius 1 is 1.35 bits per heavy atom. The number of hydrogen-bond donors (Lipinski definition) is 0. The zero-order chi connectivity index (χ0) is 14.5. The van der Waals surface area contributed by atoms with Crippen LogP contribution in [0.1, 0.15) is 43.0 Å². The van der Waals surface area contributed by atoms with Gasteiger partial charge in [0.1, 0.15) is 0 Å². The Bertz CT molecular complexity index is 484. The van der Waals surface area contributed by atoms with E-state index < -0.39 is 0 Å². The van der Waals surface area contributed by atoms with Gasteiger partial charge in [0, 0.05) is 35.5 Å². The van der Waals surface area contributed by atoms with Gasteiger partial charge >= 0.3 is 0 Å². The molecule has 0 radical (unpaired) electrons. The third-order valence-corrected chi connectivity index (χ3v) is 4.33. The molecular formula is C16H20BrNO2. The van der Waals surface area contributed by atoms with Gasteiger partial charge in [-0.1, -0.05) is 35.0 Å². The van der Waals surface area contributed by atoms with Gasteiger partial charge in [-0.15, -0.1) is 0 Å². The molecule has 2 rings (SSSR count). The van der Waals surface area contributed by atoms with Crippen molar-refractivity contribution >= 4 is 27.6 Å². The first kappa shape index (κ1) is 15.2. The standard InChI is InChI=1S/C16H20BrNO2/c1-12-4-2-10-18(16(12)20)11-3-5-15(19)13-6-8-14(17)9-7-13/h6-9,12H,2-5,10-11H2,1H3. The third kappa shape index (κ3) is 3.92. The van der Waals surface area contributed by atoms with E-state index in [-0.39, 0.29) is 17.6 Å². The number of ketones is 1. The smallest absolute Gasteiger partial charge is 0.225 e. The number of likely N-dealkylation sites (tertiary alicyclic amines) is 1. The molecule has 0 aromatic heterocycles. The number of benzene rings is 1. The highest BCUT2D eigenvalue weighted by molar-refractivity contribution is 9.10. The van der Waals surface area contributed by atoms with E-state index in [0.717, 1.165) is 35.8 Å². The van der Waals surface area contributed by atoms with Gasteiger partial charge in [-0.05, 0) is 31.4 Å². The number of carbonyl (C=O) groups is 2. The predicted octanol–water partition coefficient (Wildman–Crippen LogP) is 3.67. The minimum atomic E-state index is 0.144. The molecule has 20 heavy (non-hydrogen) atoms. The van der Waals surface area contributed by atoms with E-state index in [4.69, 9.17) is 0 Å². The molecule has 1 aliphatic rings. The van der Waals surface area contributed by atoms with Gasteiger partial charge in [0.15, 0.2) is 5.78 Å². The maximum absolute atomic E-state index is 12.0. The van der Waals surface area contributed by atoms with Crippen LogP contribution in [-0.2, 0) is 4.79 Å². The number of hydrogen-bond acceptors (Lipinski definition) is 2. The number of halogens is 1. The molecule has 3 nitrogen and oxygen atoms in total. The SMILES string of the molecule is CC1CCCN(CCCC(=O)c2ccc(Br)cc2)C1=O. The Morgan fingerprint density at radius 2 is 2.05 bits per heavy atom. The molecular weight excluding hydrogens is 318 g/mol. The second-order valence-corrected chi connectivity index (χ2v) is 6.32. The quantitative estimate of drug-likeness (QED) is 0.768. The highest BCUT2D eigenvalue weighted by Gasteiger charge is 2.24. The van der Waals surface area contributed by atoms with E-state index in [9.17, 15) is 9.59 Å². The van der Waals surface area contributed by atoms with Crippen molar-refractivity contribution in [2.24, 2.45) is 5.92 Å². The summed E-state index contributed by atoms with van der Waals surface area (Å²) >= 11 is 3.36. The summed E-state index contributed by atoms with van der Waals surface area (Å²) in [7, 11) is 0. The van der Waals surface area contributed by atoms with E-state index in [2.05, 4.69) is 15.9 Å². The van der Waals surface area contributed by atoms with E-state index >= 15 is 0 Å². The van der Waals surface area contributed by atoms with Gasteiger partial charge in [-0.2, -0.15) is 0 Å². The van der Waals surface area contributed by atoms with Gasteiger partial charge in [0.2, 0.25) is 5.91 Å². The summed E-state index contributed by atoms with van der Waals surface area (Å²) in [6, 6.07) is 7.42. The van der Waals surface area contributed by atoms with Crippen LogP contribution in [0.2, 0.25) is 0 Å². The number of nitrogens with zero attached hydrogens (tertiary/aromatic N) is 1. The molecule has 1 heterocycles. The number of piperidine rings is 1. The molecule has 0 spiro atoms. The monoisotopic (exact) mass is 337 g/mol. The largest absolute Gasteiger partial charge is 0.342 e. The fraction of sp³-hybridized carbons (Fsp3) is 0.500. The Morgan fingerprint density at radius 3 is 2.75 bits per heavy atom. The van der Waals surface area contributed by atoms with Crippen molar-refractivity contribution in [2.75, 3.05) is 13.1 Å². The van der Waals surface area contributed by atoms with Crippen LogP contribution in [0.5, 0.6) is 0 Å². The van der Waals surface area contributed by atoms with Crippen molar-refractivity contribution < 1.29 is 9.59 Å². The normalized spacial score (nSPS) is 19.2. The molecule has 0 bridgehead atoms. The Kier molecular flexibility index (Phi) is 5.35. The molecule has 0 N–H and O–H groups in total. The Labute approximate surface area is 128 Å². The van der Waals surface area contributed by atoms with Gasteiger partial charge in [-0.3, -0.25) is 9.59 Å². The van der Waals surface area contributed by atoms with Crippen LogP contribution in [0.15, 0.2) is 28.7 Å². The average Bonchev–Trinajstić information content (AvgIpc) is 2.44. The number of carbonyl (C=O) groups excluding carboxylic acids is 2. The minimum Gasteiger partial charge on any atom is -0.342 e. The Balaban J connectivity index is 1.79. The van der Waals surface area contributed by atoms with E-state index in [1.165, 1.54) is 0 Å². The zero-order valence-electron chi connectivity index (χ0n) is 11.8. The average molecular weight is 338 g/mol. The Hall–Kier alpha value is -1.16. The van der Waals surface area contributed by atoms with Crippen LogP contribution in [0.25, 0.3) is 0 Å².